The van der Waals surface area contributed by atoms with Crippen LogP contribution in [0.2, 0.25) is 0 Å². The lowest BCUT2D eigenvalue weighted by molar-refractivity contribution is 0.145. The molecule has 0 saturated carbocycles. The summed E-state index contributed by atoms with van der Waals surface area (Å²) in [5, 5.41) is 3.09. The smallest absolute Gasteiger partial charge is 0.188 e. The van der Waals surface area contributed by atoms with Gasteiger partial charge >= 0.3 is 0 Å². The SMILES string of the molecule is CCCOc1cc(C)ccc1CN=C(N)NCCCOCC. The van der Waals surface area contributed by atoms with E-state index < -0.39 is 0 Å². The molecule has 0 amide bonds. The first-order valence-electron chi connectivity index (χ1n) is 8.01. The molecule has 5 heteroatoms. The summed E-state index contributed by atoms with van der Waals surface area (Å²) >= 11 is 0. The van der Waals surface area contributed by atoms with Crippen molar-refractivity contribution in [1.82, 2.24) is 5.32 Å². The van der Waals surface area contributed by atoms with Crippen LogP contribution in [0.25, 0.3) is 0 Å². The van der Waals surface area contributed by atoms with Gasteiger partial charge in [-0.05, 0) is 38.3 Å². The van der Waals surface area contributed by atoms with Gasteiger partial charge in [-0.1, -0.05) is 19.1 Å². The first-order valence-corrected chi connectivity index (χ1v) is 8.01. The standard InChI is InChI=1S/C17H29N3O2/c1-4-10-22-16-12-14(3)7-8-15(16)13-20-17(18)19-9-6-11-21-5-2/h7-8,12H,4-6,9-11,13H2,1-3H3,(H3,18,19,20). The zero-order valence-electron chi connectivity index (χ0n) is 14.0. The molecule has 0 radical (unpaired) electrons. The zero-order valence-corrected chi connectivity index (χ0v) is 14.0. The Morgan fingerprint density at radius 1 is 1.27 bits per heavy atom. The van der Waals surface area contributed by atoms with Gasteiger partial charge in [0.1, 0.15) is 5.75 Å². The van der Waals surface area contributed by atoms with E-state index in [1.54, 1.807) is 0 Å². The van der Waals surface area contributed by atoms with E-state index >= 15 is 0 Å². The van der Waals surface area contributed by atoms with E-state index in [1.165, 1.54) is 5.56 Å². The molecule has 0 heterocycles. The molecule has 0 fully saturated rings. The molecule has 0 aliphatic rings. The van der Waals surface area contributed by atoms with Crippen molar-refractivity contribution < 1.29 is 9.47 Å². The molecule has 5 nitrogen and oxygen atoms in total. The summed E-state index contributed by atoms with van der Waals surface area (Å²) < 4.78 is 11.0. The highest BCUT2D eigenvalue weighted by Crippen LogP contribution is 2.21. The monoisotopic (exact) mass is 307 g/mol. The maximum Gasteiger partial charge on any atom is 0.188 e. The van der Waals surface area contributed by atoms with Crippen LogP contribution >= 0.6 is 0 Å². The Kier molecular flexibility index (Phi) is 9.07. The lowest BCUT2D eigenvalue weighted by Gasteiger charge is -2.11. The molecule has 0 spiro atoms. The summed E-state index contributed by atoms with van der Waals surface area (Å²) in [7, 11) is 0. The second-order valence-corrected chi connectivity index (χ2v) is 5.14. The Morgan fingerprint density at radius 3 is 2.82 bits per heavy atom. The molecule has 0 aliphatic carbocycles. The van der Waals surface area contributed by atoms with Crippen LogP contribution in [0.15, 0.2) is 23.2 Å². The number of hydrogen-bond donors (Lipinski definition) is 2. The fourth-order valence-electron chi connectivity index (χ4n) is 1.90. The van der Waals surface area contributed by atoms with Crippen LogP contribution in [-0.4, -0.2) is 32.3 Å². The van der Waals surface area contributed by atoms with Gasteiger partial charge in [0.05, 0.1) is 13.2 Å². The van der Waals surface area contributed by atoms with Gasteiger partial charge in [-0.3, -0.25) is 0 Å². The molecular formula is C17H29N3O2. The Morgan fingerprint density at radius 2 is 2.09 bits per heavy atom. The molecule has 1 aromatic carbocycles. The van der Waals surface area contributed by atoms with Gasteiger partial charge in [0.15, 0.2) is 5.96 Å². The van der Waals surface area contributed by atoms with Gasteiger partial charge in [0.25, 0.3) is 0 Å². The fourth-order valence-corrected chi connectivity index (χ4v) is 1.90. The lowest BCUT2D eigenvalue weighted by atomic mass is 10.1. The van der Waals surface area contributed by atoms with Crippen molar-refractivity contribution in [2.45, 2.75) is 40.2 Å². The van der Waals surface area contributed by atoms with Crippen molar-refractivity contribution in [2.75, 3.05) is 26.4 Å². The average molecular weight is 307 g/mol. The first kappa shape index (κ1) is 18.3. The van der Waals surface area contributed by atoms with E-state index in [0.29, 0.717) is 19.1 Å². The quantitative estimate of drug-likeness (QED) is 0.396. The third-order valence-electron chi connectivity index (χ3n) is 3.08. The number of nitrogens with zero attached hydrogens (tertiary/aromatic N) is 1. The second kappa shape index (κ2) is 10.9. The molecule has 1 rings (SSSR count). The van der Waals surface area contributed by atoms with E-state index in [4.69, 9.17) is 15.2 Å². The Balaban J connectivity index is 2.49. The third kappa shape index (κ3) is 7.31. The minimum Gasteiger partial charge on any atom is -0.493 e. The summed E-state index contributed by atoms with van der Waals surface area (Å²) in [6.07, 6.45) is 1.90. The van der Waals surface area contributed by atoms with Crippen LogP contribution in [0, 0.1) is 6.92 Å². The van der Waals surface area contributed by atoms with Crippen molar-refractivity contribution in [3.63, 3.8) is 0 Å². The predicted molar refractivity (Wildman–Crippen MR) is 91.4 cm³/mol. The molecule has 3 N–H and O–H groups in total. The molecule has 1 aromatic rings. The van der Waals surface area contributed by atoms with Crippen molar-refractivity contribution in [2.24, 2.45) is 10.7 Å². The topological polar surface area (TPSA) is 68.9 Å². The number of rotatable bonds is 10. The largest absolute Gasteiger partial charge is 0.493 e. The summed E-state index contributed by atoms with van der Waals surface area (Å²) in [6.45, 7) is 9.62. The number of nitrogens with one attached hydrogen (secondary N) is 1. The van der Waals surface area contributed by atoms with Crippen LogP contribution in [0.5, 0.6) is 5.75 Å². The minimum absolute atomic E-state index is 0.457. The highest BCUT2D eigenvalue weighted by molar-refractivity contribution is 5.77. The molecule has 0 saturated heterocycles. The van der Waals surface area contributed by atoms with E-state index in [0.717, 1.165) is 43.9 Å². The van der Waals surface area contributed by atoms with Gasteiger partial charge in [-0.25, -0.2) is 4.99 Å². The van der Waals surface area contributed by atoms with Crippen LogP contribution in [0.3, 0.4) is 0 Å². The molecule has 124 valence electrons. The van der Waals surface area contributed by atoms with Crippen molar-refractivity contribution >= 4 is 5.96 Å². The maximum absolute atomic E-state index is 5.87. The predicted octanol–water partition coefficient (Wildman–Crippen LogP) is 2.61. The van der Waals surface area contributed by atoms with Gasteiger partial charge in [0, 0.05) is 25.3 Å². The van der Waals surface area contributed by atoms with Gasteiger partial charge in [-0.15, -0.1) is 0 Å². The van der Waals surface area contributed by atoms with Gasteiger partial charge in [-0.2, -0.15) is 0 Å². The first-order chi connectivity index (χ1) is 10.7. The summed E-state index contributed by atoms with van der Waals surface area (Å²) in [5.41, 5.74) is 8.11. The molecule has 22 heavy (non-hydrogen) atoms. The van der Waals surface area contributed by atoms with E-state index in [2.05, 4.69) is 30.2 Å². The molecule has 0 atom stereocenters. The Bertz CT molecular complexity index is 461. The maximum atomic E-state index is 5.87. The number of benzene rings is 1. The van der Waals surface area contributed by atoms with Crippen molar-refractivity contribution in [3.05, 3.63) is 29.3 Å². The minimum atomic E-state index is 0.457. The summed E-state index contributed by atoms with van der Waals surface area (Å²) in [4.78, 5) is 4.37. The summed E-state index contributed by atoms with van der Waals surface area (Å²) in [5.74, 6) is 1.35. The fraction of sp³-hybridized carbons (Fsp3) is 0.588. The normalized spacial score (nSPS) is 11.5. The van der Waals surface area contributed by atoms with Crippen LogP contribution in [0.4, 0.5) is 0 Å². The van der Waals surface area contributed by atoms with Crippen LogP contribution < -0.4 is 15.8 Å². The Hall–Kier alpha value is -1.75. The number of hydrogen-bond acceptors (Lipinski definition) is 3. The second-order valence-electron chi connectivity index (χ2n) is 5.14. The van der Waals surface area contributed by atoms with Crippen LogP contribution in [-0.2, 0) is 11.3 Å². The Labute approximate surface area is 133 Å². The number of aliphatic imine (C=N–C) groups is 1. The highest BCUT2D eigenvalue weighted by Gasteiger charge is 2.04. The average Bonchev–Trinajstić information content (AvgIpc) is 2.51. The van der Waals surface area contributed by atoms with Gasteiger partial charge in [0.2, 0.25) is 0 Å². The lowest BCUT2D eigenvalue weighted by Crippen LogP contribution is -2.32. The van der Waals surface area contributed by atoms with Gasteiger partial charge < -0.3 is 20.5 Å². The number of nitrogens with two attached hydrogens (primary N) is 1. The van der Waals surface area contributed by atoms with Crippen molar-refractivity contribution in [1.29, 1.82) is 0 Å². The van der Waals surface area contributed by atoms with E-state index in [-0.39, 0.29) is 0 Å². The number of aryl methyl sites for hydroxylation is 1. The zero-order chi connectivity index (χ0) is 16.2. The molecular weight excluding hydrogens is 278 g/mol. The molecule has 0 aliphatic heterocycles. The molecule has 0 unspecified atom stereocenters. The third-order valence-corrected chi connectivity index (χ3v) is 3.08. The highest BCUT2D eigenvalue weighted by atomic mass is 16.5. The summed E-state index contributed by atoms with van der Waals surface area (Å²) in [6, 6.07) is 6.16. The van der Waals surface area contributed by atoms with Crippen molar-refractivity contribution in [3.8, 4) is 5.75 Å². The van der Waals surface area contributed by atoms with Crippen LogP contribution in [0.1, 0.15) is 37.8 Å². The van der Waals surface area contributed by atoms with E-state index in [1.807, 2.05) is 19.1 Å². The number of ether oxygens (including phenoxy) is 2. The molecule has 0 aromatic heterocycles. The van der Waals surface area contributed by atoms with E-state index in [9.17, 15) is 0 Å². The number of guanidine groups is 1. The molecule has 0 bridgehead atoms.